The SMILES string of the molecule is CC(=O)N[C@@H]1CCc2ccc(S(=O)(=O)NCCCn3cccn3)cc21. The highest BCUT2D eigenvalue weighted by Gasteiger charge is 2.25. The van der Waals surface area contributed by atoms with E-state index in [1.807, 2.05) is 18.3 Å². The maximum absolute atomic E-state index is 12.5. The summed E-state index contributed by atoms with van der Waals surface area (Å²) in [6.07, 6.45) is 5.84. The van der Waals surface area contributed by atoms with Crippen molar-refractivity contribution in [2.75, 3.05) is 6.54 Å². The molecule has 1 heterocycles. The smallest absolute Gasteiger partial charge is 0.240 e. The van der Waals surface area contributed by atoms with E-state index >= 15 is 0 Å². The number of aryl methyl sites for hydroxylation is 2. The van der Waals surface area contributed by atoms with Crippen LogP contribution in [0.15, 0.2) is 41.6 Å². The lowest BCUT2D eigenvalue weighted by atomic mass is 10.1. The first kappa shape index (κ1) is 17.6. The first-order valence-corrected chi connectivity index (χ1v) is 9.81. The van der Waals surface area contributed by atoms with Gasteiger partial charge in [0.15, 0.2) is 0 Å². The molecule has 2 aromatic rings. The zero-order chi connectivity index (χ0) is 17.9. The van der Waals surface area contributed by atoms with Gasteiger partial charge in [0.25, 0.3) is 0 Å². The van der Waals surface area contributed by atoms with Gasteiger partial charge in [-0.15, -0.1) is 0 Å². The van der Waals surface area contributed by atoms with Crippen LogP contribution in [0.2, 0.25) is 0 Å². The fourth-order valence-electron chi connectivity index (χ4n) is 3.11. The quantitative estimate of drug-likeness (QED) is 0.728. The van der Waals surface area contributed by atoms with Crippen molar-refractivity contribution < 1.29 is 13.2 Å². The zero-order valence-corrected chi connectivity index (χ0v) is 14.9. The predicted molar refractivity (Wildman–Crippen MR) is 93.4 cm³/mol. The summed E-state index contributed by atoms with van der Waals surface area (Å²) in [6.45, 7) is 2.47. The van der Waals surface area contributed by atoms with E-state index in [0.717, 1.165) is 24.0 Å². The molecule has 0 aliphatic heterocycles. The molecule has 1 aliphatic carbocycles. The Labute approximate surface area is 147 Å². The van der Waals surface area contributed by atoms with Gasteiger partial charge >= 0.3 is 0 Å². The number of carbonyl (C=O) groups is 1. The number of hydrogen-bond acceptors (Lipinski definition) is 4. The van der Waals surface area contributed by atoms with Crippen LogP contribution >= 0.6 is 0 Å². The van der Waals surface area contributed by atoms with Crippen LogP contribution in [-0.4, -0.2) is 30.7 Å². The number of fused-ring (bicyclic) bond motifs is 1. The second-order valence-electron chi connectivity index (χ2n) is 6.17. The molecule has 0 bridgehead atoms. The van der Waals surface area contributed by atoms with Gasteiger partial charge in [0.2, 0.25) is 15.9 Å². The third-order valence-corrected chi connectivity index (χ3v) is 5.76. The molecule has 1 atom stereocenters. The number of sulfonamides is 1. The van der Waals surface area contributed by atoms with Gasteiger partial charge in [0, 0.05) is 32.4 Å². The monoisotopic (exact) mass is 362 g/mol. The third kappa shape index (κ3) is 4.26. The Bertz CT molecular complexity index is 847. The molecule has 1 amide bonds. The summed E-state index contributed by atoms with van der Waals surface area (Å²) in [5.74, 6) is -0.108. The van der Waals surface area contributed by atoms with Gasteiger partial charge in [-0.3, -0.25) is 9.48 Å². The molecular formula is C17H22N4O3S. The minimum atomic E-state index is -3.57. The summed E-state index contributed by atoms with van der Waals surface area (Å²) in [5.41, 5.74) is 1.99. The van der Waals surface area contributed by atoms with Crippen LogP contribution in [0.1, 0.15) is 36.9 Å². The van der Waals surface area contributed by atoms with Gasteiger partial charge in [-0.05, 0) is 48.6 Å². The molecule has 1 aromatic carbocycles. The van der Waals surface area contributed by atoms with Crippen molar-refractivity contribution in [1.29, 1.82) is 0 Å². The number of benzene rings is 1. The number of hydrogen-bond donors (Lipinski definition) is 2. The summed E-state index contributed by atoms with van der Waals surface area (Å²) in [5, 5.41) is 6.97. The Kier molecular flexibility index (Phi) is 5.19. The maximum Gasteiger partial charge on any atom is 0.240 e. The molecule has 2 N–H and O–H groups in total. The van der Waals surface area contributed by atoms with Crippen molar-refractivity contribution >= 4 is 15.9 Å². The van der Waals surface area contributed by atoms with Gasteiger partial charge in [0.05, 0.1) is 10.9 Å². The molecule has 0 spiro atoms. The van der Waals surface area contributed by atoms with Crippen LogP contribution < -0.4 is 10.0 Å². The molecule has 0 saturated carbocycles. The van der Waals surface area contributed by atoms with Crippen LogP contribution in [0, 0.1) is 0 Å². The Balaban J connectivity index is 1.65. The molecule has 0 fully saturated rings. The van der Waals surface area contributed by atoms with E-state index in [0.29, 0.717) is 19.5 Å². The van der Waals surface area contributed by atoms with E-state index in [1.165, 1.54) is 6.92 Å². The molecular weight excluding hydrogens is 340 g/mol. The van der Waals surface area contributed by atoms with Crippen LogP contribution in [-0.2, 0) is 27.8 Å². The number of nitrogens with one attached hydrogen (secondary N) is 2. The average molecular weight is 362 g/mol. The summed E-state index contributed by atoms with van der Waals surface area (Å²) in [6, 6.07) is 6.88. The number of aromatic nitrogens is 2. The first-order chi connectivity index (χ1) is 12.0. The average Bonchev–Trinajstić information content (AvgIpc) is 3.21. The molecule has 25 heavy (non-hydrogen) atoms. The van der Waals surface area contributed by atoms with Crippen molar-refractivity contribution in [2.45, 2.75) is 43.7 Å². The van der Waals surface area contributed by atoms with Crippen molar-refractivity contribution in [3.05, 3.63) is 47.8 Å². The molecule has 8 heteroatoms. The normalized spacial score (nSPS) is 16.6. The van der Waals surface area contributed by atoms with Gasteiger partial charge < -0.3 is 5.32 Å². The van der Waals surface area contributed by atoms with E-state index in [9.17, 15) is 13.2 Å². The van der Waals surface area contributed by atoms with Crippen molar-refractivity contribution in [2.24, 2.45) is 0 Å². The highest BCUT2D eigenvalue weighted by Crippen LogP contribution is 2.32. The second kappa shape index (κ2) is 7.37. The van der Waals surface area contributed by atoms with E-state index in [-0.39, 0.29) is 16.8 Å². The molecule has 7 nitrogen and oxygen atoms in total. The second-order valence-corrected chi connectivity index (χ2v) is 7.94. The maximum atomic E-state index is 12.5. The molecule has 0 saturated heterocycles. The number of nitrogens with zero attached hydrogens (tertiary/aromatic N) is 2. The Morgan fingerprint density at radius 2 is 2.24 bits per heavy atom. The van der Waals surface area contributed by atoms with Crippen molar-refractivity contribution in [3.63, 3.8) is 0 Å². The lowest BCUT2D eigenvalue weighted by Crippen LogP contribution is -2.27. The van der Waals surface area contributed by atoms with E-state index in [4.69, 9.17) is 0 Å². The van der Waals surface area contributed by atoms with Gasteiger partial charge in [0.1, 0.15) is 0 Å². The van der Waals surface area contributed by atoms with Crippen LogP contribution in [0.3, 0.4) is 0 Å². The largest absolute Gasteiger partial charge is 0.350 e. The molecule has 0 radical (unpaired) electrons. The van der Waals surface area contributed by atoms with Crippen LogP contribution in [0.5, 0.6) is 0 Å². The number of carbonyl (C=O) groups excluding carboxylic acids is 1. The lowest BCUT2D eigenvalue weighted by Gasteiger charge is -2.14. The molecule has 1 aromatic heterocycles. The predicted octanol–water partition coefficient (Wildman–Crippen LogP) is 1.38. The topological polar surface area (TPSA) is 93.1 Å². The Hall–Kier alpha value is -2.19. The lowest BCUT2D eigenvalue weighted by molar-refractivity contribution is -0.119. The first-order valence-electron chi connectivity index (χ1n) is 8.33. The van der Waals surface area contributed by atoms with Crippen molar-refractivity contribution in [1.82, 2.24) is 19.8 Å². The number of amides is 1. The van der Waals surface area contributed by atoms with Gasteiger partial charge in [-0.2, -0.15) is 5.10 Å². The Morgan fingerprint density at radius 3 is 2.96 bits per heavy atom. The van der Waals surface area contributed by atoms with Gasteiger partial charge in [-0.25, -0.2) is 13.1 Å². The summed E-state index contributed by atoms with van der Waals surface area (Å²) < 4.78 is 29.4. The minimum Gasteiger partial charge on any atom is -0.350 e. The van der Waals surface area contributed by atoms with E-state index < -0.39 is 10.0 Å². The molecule has 3 rings (SSSR count). The summed E-state index contributed by atoms with van der Waals surface area (Å²) in [4.78, 5) is 11.6. The van der Waals surface area contributed by atoms with Crippen molar-refractivity contribution in [3.8, 4) is 0 Å². The van der Waals surface area contributed by atoms with E-state index in [1.54, 1.807) is 23.0 Å². The minimum absolute atomic E-state index is 0.108. The van der Waals surface area contributed by atoms with E-state index in [2.05, 4.69) is 15.1 Å². The summed E-state index contributed by atoms with van der Waals surface area (Å²) in [7, 11) is -3.57. The highest BCUT2D eigenvalue weighted by atomic mass is 32.2. The van der Waals surface area contributed by atoms with Gasteiger partial charge in [-0.1, -0.05) is 6.07 Å². The van der Waals surface area contributed by atoms with Crippen LogP contribution in [0.25, 0.3) is 0 Å². The molecule has 134 valence electrons. The molecule has 0 unspecified atom stereocenters. The zero-order valence-electron chi connectivity index (χ0n) is 14.1. The summed E-state index contributed by atoms with van der Waals surface area (Å²) >= 11 is 0. The van der Waals surface area contributed by atoms with Crippen LogP contribution in [0.4, 0.5) is 0 Å². The Morgan fingerprint density at radius 1 is 1.40 bits per heavy atom. The fraction of sp³-hybridized carbons (Fsp3) is 0.412. The highest BCUT2D eigenvalue weighted by molar-refractivity contribution is 7.89. The molecule has 1 aliphatic rings. The number of rotatable bonds is 7. The fourth-order valence-corrected chi connectivity index (χ4v) is 4.22. The third-order valence-electron chi connectivity index (χ3n) is 4.30. The standard InChI is InChI=1S/C17H22N4O3S/c1-13(22)20-17-7-5-14-4-6-15(12-16(14)17)25(23,24)19-9-3-11-21-10-2-8-18-21/h2,4,6,8,10,12,17,19H,3,5,7,9,11H2,1H3,(H,20,22)/t17-/m1/s1.